The van der Waals surface area contributed by atoms with Gasteiger partial charge in [0.1, 0.15) is 12.0 Å². The Morgan fingerprint density at radius 2 is 2.36 bits per heavy atom. The van der Waals surface area contributed by atoms with Gasteiger partial charge < -0.3 is 14.8 Å². The van der Waals surface area contributed by atoms with Crippen molar-refractivity contribution < 1.29 is 9.53 Å². The van der Waals surface area contributed by atoms with Gasteiger partial charge in [0, 0.05) is 6.54 Å². The standard InChI is InChI=1S/C10H12ClNO2/c1-14-10-3-2-8(6-9(10)11)7-12-4-5-13/h2-3,5-6,12H,4,7H2,1H3. The number of carbonyl (C=O) groups excluding carboxylic acids is 1. The molecule has 1 N–H and O–H groups in total. The van der Waals surface area contributed by atoms with Crippen molar-refractivity contribution in [3.05, 3.63) is 28.8 Å². The lowest BCUT2D eigenvalue weighted by molar-refractivity contribution is -0.107. The van der Waals surface area contributed by atoms with E-state index < -0.39 is 0 Å². The molecule has 0 unspecified atom stereocenters. The third-order valence-electron chi connectivity index (χ3n) is 1.77. The summed E-state index contributed by atoms with van der Waals surface area (Å²) in [6.45, 7) is 0.978. The number of carbonyl (C=O) groups is 1. The summed E-state index contributed by atoms with van der Waals surface area (Å²) in [5.74, 6) is 0.658. The van der Waals surface area contributed by atoms with Crippen molar-refractivity contribution in [3.63, 3.8) is 0 Å². The molecule has 76 valence electrons. The molecular weight excluding hydrogens is 202 g/mol. The van der Waals surface area contributed by atoms with Crippen LogP contribution in [0.5, 0.6) is 5.75 Å². The van der Waals surface area contributed by atoms with E-state index in [1.54, 1.807) is 13.2 Å². The molecule has 3 nitrogen and oxygen atoms in total. The number of hydrogen-bond acceptors (Lipinski definition) is 3. The molecular formula is C10H12ClNO2. The fraction of sp³-hybridized carbons (Fsp3) is 0.300. The van der Waals surface area contributed by atoms with Crippen LogP contribution in [0.1, 0.15) is 5.56 Å². The van der Waals surface area contributed by atoms with Gasteiger partial charge in [-0.25, -0.2) is 0 Å². The van der Waals surface area contributed by atoms with Crippen molar-refractivity contribution in [2.75, 3.05) is 13.7 Å². The average Bonchev–Trinajstić information content (AvgIpc) is 2.18. The molecule has 0 aliphatic carbocycles. The highest BCUT2D eigenvalue weighted by molar-refractivity contribution is 6.32. The Bertz CT molecular complexity index is 315. The lowest BCUT2D eigenvalue weighted by Gasteiger charge is -2.05. The number of hydrogen-bond donors (Lipinski definition) is 1. The minimum Gasteiger partial charge on any atom is -0.495 e. The van der Waals surface area contributed by atoms with E-state index >= 15 is 0 Å². The van der Waals surface area contributed by atoms with Gasteiger partial charge in [0.2, 0.25) is 0 Å². The average molecular weight is 214 g/mol. The molecule has 0 heterocycles. The zero-order valence-electron chi connectivity index (χ0n) is 7.92. The Hall–Kier alpha value is -1.06. The number of benzene rings is 1. The molecule has 1 rings (SSSR count). The van der Waals surface area contributed by atoms with Gasteiger partial charge in [0.15, 0.2) is 0 Å². The molecule has 0 saturated carbocycles. The molecule has 0 aromatic heterocycles. The molecule has 0 saturated heterocycles. The van der Waals surface area contributed by atoms with Crippen molar-refractivity contribution in [1.29, 1.82) is 0 Å². The van der Waals surface area contributed by atoms with Gasteiger partial charge in [0.25, 0.3) is 0 Å². The number of nitrogens with one attached hydrogen (secondary N) is 1. The molecule has 0 aliphatic rings. The first-order valence-corrected chi connectivity index (χ1v) is 4.62. The van der Waals surface area contributed by atoms with Crippen LogP contribution in [0.3, 0.4) is 0 Å². The first-order chi connectivity index (χ1) is 6.77. The molecule has 14 heavy (non-hydrogen) atoms. The Balaban J connectivity index is 2.61. The van der Waals surface area contributed by atoms with Crippen LogP contribution >= 0.6 is 11.6 Å². The number of ether oxygens (including phenoxy) is 1. The lowest BCUT2D eigenvalue weighted by atomic mass is 10.2. The summed E-state index contributed by atoms with van der Waals surface area (Å²) in [7, 11) is 1.57. The van der Waals surface area contributed by atoms with E-state index in [0.717, 1.165) is 11.8 Å². The zero-order valence-corrected chi connectivity index (χ0v) is 8.67. The molecule has 1 aromatic rings. The maximum Gasteiger partial charge on any atom is 0.137 e. The smallest absolute Gasteiger partial charge is 0.137 e. The van der Waals surface area contributed by atoms with Gasteiger partial charge in [-0.15, -0.1) is 0 Å². The largest absolute Gasteiger partial charge is 0.495 e. The SMILES string of the molecule is COc1ccc(CNCC=O)cc1Cl. The number of methoxy groups -OCH3 is 1. The van der Waals surface area contributed by atoms with Gasteiger partial charge >= 0.3 is 0 Å². The summed E-state index contributed by atoms with van der Waals surface area (Å²) in [6.07, 6.45) is 0.825. The van der Waals surface area contributed by atoms with E-state index in [-0.39, 0.29) is 0 Å². The van der Waals surface area contributed by atoms with Crippen LogP contribution in [0.25, 0.3) is 0 Å². The van der Waals surface area contributed by atoms with Crippen LogP contribution in [0.2, 0.25) is 5.02 Å². The minimum atomic E-state index is 0.351. The molecule has 0 bridgehead atoms. The van der Waals surface area contributed by atoms with E-state index in [4.69, 9.17) is 16.3 Å². The second-order valence-electron chi connectivity index (χ2n) is 2.77. The number of aldehydes is 1. The van der Waals surface area contributed by atoms with Gasteiger partial charge in [-0.1, -0.05) is 17.7 Å². The van der Waals surface area contributed by atoms with Crippen LogP contribution in [-0.4, -0.2) is 19.9 Å². The molecule has 4 heteroatoms. The minimum absolute atomic E-state index is 0.351. The quantitative estimate of drug-likeness (QED) is 0.597. The molecule has 0 amide bonds. The topological polar surface area (TPSA) is 38.3 Å². The Kier molecular flexibility index (Phi) is 4.43. The van der Waals surface area contributed by atoms with Gasteiger partial charge in [0.05, 0.1) is 18.7 Å². The van der Waals surface area contributed by atoms with Gasteiger partial charge in [-0.2, -0.15) is 0 Å². The molecule has 0 fully saturated rings. The van der Waals surface area contributed by atoms with E-state index in [0.29, 0.717) is 23.9 Å². The van der Waals surface area contributed by atoms with E-state index in [9.17, 15) is 4.79 Å². The van der Waals surface area contributed by atoms with Crippen molar-refractivity contribution in [1.82, 2.24) is 5.32 Å². The summed E-state index contributed by atoms with van der Waals surface area (Å²) in [4.78, 5) is 10.1. The monoisotopic (exact) mass is 213 g/mol. The normalized spacial score (nSPS) is 9.86. The highest BCUT2D eigenvalue weighted by Gasteiger charge is 2.00. The highest BCUT2D eigenvalue weighted by Crippen LogP contribution is 2.24. The maximum atomic E-state index is 10.1. The Morgan fingerprint density at radius 1 is 1.57 bits per heavy atom. The summed E-state index contributed by atoms with van der Waals surface area (Å²) >= 11 is 5.92. The van der Waals surface area contributed by atoms with Crippen LogP contribution in [0, 0.1) is 0 Å². The Labute approximate surface area is 88.0 Å². The highest BCUT2D eigenvalue weighted by atomic mass is 35.5. The van der Waals surface area contributed by atoms with Crippen LogP contribution < -0.4 is 10.1 Å². The molecule has 0 radical (unpaired) electrons. The first kappa shape index (κ1) is 11.0. The van der Waals surface area contributed by atoms with Gasteiger partial charge in [-0.3, -0.25) is 0 Å². The maximum absolute atomic E-state index is 10.1. The van der Waals surface area contributed by atoms with E-state index in [2.05, 4.69) is 5.32 Å². The number of rotatable bonds is 5. The lowest BCUT2D eigenvalue weighted by Crippen LogP contribution is -2.15. The Morgan fingerprint density at radius 3 is 2.93 bits per heavy atom. The van der Waals surface area contributed by atoms with Crippen LogP contribution in [0.4, 0.5) is 0 Å². The van der Waals surface area contributed by atoms with Crippen LogP contribution in [0.15, 0.2) is 18.2 Å². The van der Waals surface area contributed by atoms with Crippen molar-refractivity contribution in [2.24, 2.45) is 0 Å². The summed E-state index contributed by atoms with van der Waals surface area (Å²) in [5.41, 5.74) is 1.03. The predicted octanol–water partition coefficient (Wildman–Crippen LogP) is 1.64. The van der Waals surface area contributed by atoms with Crippen molar-refractivity contribution in [2.45, 2.75) is 6.54 Å². The fourth-order valence-electron chi connectivity index (χ4n) is 1.10. The fourth-order valence-corrected chi connectivity index (χ4v) is 1.38. The second-order valence-corrected chi connectivity index (χ2v) is 3.17. The summed E-state index contributed by atoms with van der Waals surface area (Å²) < 4.78 is 5.02. The third kappa shape index (κ3) is 3.01. The van der Waals surface area contributed by atoms with Crippen LogP contribution in [-0.2, 0) is 11.3 Å². The zero-order chi connectivity index (χ0) is 10.4. The summed E-state index contributed by atoms with van der Waals surface area (Å²) in [6, 6.07) is 5.53. The van der Waals surface area contributed by atoms with Crippen molar-refractivity contribution in [3.8, 4) is 5.75 Å². The number of halogens is 1. The van der Waals surface area contributed by atoms with E-state index in [1.807, 2.05) is 12.1 Å². The van der Waals surface area contributed by atoms with E-state index in [1.165, 1.54) is 0 Å². The first-order valence-electron chi connectivity index (χ1n) is 4.24. The van der Waals surface area contributed by atoms with Crippen molar-refractivity contribution >= 4 is 17.9 Å². The molecule has 0 atom stereocenters. The van der Waals surface area contributed by atoms with Gasteiger partial charge in [-0.05, 0) is 17.7 Å². The predicted molar refractivity (Wildman–Crippen MR) is 55.8 cm³/mol. The molecule has 1 aromatic carbocycles. The third-order valence-corrected chi connectivity index (χ3v) is 2.07. The molecule has 0 spiro atoms. The molecule has 0 aliphatic heterocycles. The second kappa shape index (κ2) is 5.62. The summed E-state index contributed by atoms with van der Waals surface area (Å²) in [5, 5.41) is 3.53.